The van der Waals surface area contributed by atoms with Gasteiger partial charge >= 0.3 is 0 Å². The molecule has 1 aliphatic rings. The third-order valence-corrected chi connectivity index (χ3v) is 3.99. The molecule has 0 saturated carbocycles. The number of aromatic nitrogens is 2. The van der Waals surface area contributed by atoms with Gasteiger partial charge in [0.25, 0.3) is 5.88 Å². The molecule has 0 bridgehead atoms. The summed E-state index contributed by atoms with van der Waals surface area (Å²) in [5, 5.41) is 8.67. The van der Waals surface area contributed by atoms with E-state index in [1.165, 1.54) is 18.6 Å². The van der Waals surface area contributed by atoms with Gasteiger partial charge in [-0.2, -0.15) is 16.9 Å². The fraction of sp³-hybridized carbons (Fsp3) is 0.600. The lowest BCUT2D eigenvalue weighted by Crippen LogP contribution is -2.11. The number of hydrogen-bond acceptors (Lipinski definition) is 4. The fourth-order valence-corrected chi connectivity index (χ4v) is 3.07. The van der Waals surface area contributed by atoms with E-state index in [1.807, 2.05) is 17.8 Å². The largest absolute Gasteiger partial charge is 0.479 e. The van der Waals surface area contributed by atoms with Crippen LogP contribution >= 0.6 is 23.4 Å². The van der Waals surface area contributed by atoms with Crippen LogP contribution in [0.1, 0.15) is 24.5 Å². The lowest BCUT2D eigenvalue weighted by molar-refractivity contribution is 0.390. The van der Waals surface area contributed by atoms with E-state index < -0.39 is 0 Å². The summed E-state index contributed by atoms with van der Waals surface area (Å²) in [4.78, 5) is 0. The number of rotatable bonds is 2. The van der Waals surface area contributed by atoms with Crippen LogP contribution in [0.15, 0.2) is 6.07 Å². The van der Waals surface area contributed by atoms with Crippen molar-refractivity contribution in [3.8, 4) is 5.88 Å². The molecule has 0 spiro atoms. The molecule has 5 heteroatoms. The molecule has 0 radical (unpaired) electrons. The van der Waals surface area contributed by atoms with E-state index in [9.17, 15) is 0 Å². The fourth-order valence-electron chi connectivity index (χ4n) is 1.68. The Bertz CT molecular complexity index is 342. The zero-order chi connectivity index (χ0) is 10.7. The normalized spacial score (nSPS) is 21.3. The Morgan fingerprint density at radius 3 is 3.00 bits per heavy atom. The van der Waals surface area contributed by atoms with E-state index in [0.29, 0.717) is 16.8 Å². The van der Waals surface area contributed by atoms with E-state index >= 15 is 0 Å². The first-order valence-electron chi connectivity index (χ1n) is 4.96. The van der Waals surface area contributed by atoms with Gasteiger partial charge in [-0.3, -0.25) is 0 Å². The van der Waals surface area contributed by atoms with Crippen LogP contribution in [0.5, 0.6) is 5.88 Å². The van der Waals surface area contributed by atoms with Gasteiger partial charge < -0.3 is 4.74 Å². The van der Waals surface area contributed by atoms with Gasteiger partial charge in [-0.15, -0.1) is 5.10 Å². The topological polar surface area (TPSA) is 35.0 Å². The molecule has 0 amide bonds. The Kier molecular flexibility index (Phi) is 3.70. The summed E-state index contributed by atoms with van der Waals surface area (Å²) in [5.74, 6) is 3.29. The summed E-state index contributed by atoms with van der Waals surface area (Å²) in [5.41, 5.74) is 0.994. The number of thioether (sulfide) groups is 1. The Hall–Kier alpha value is -0.480. The zero-order valence-electron chi connectivity index (χ0n) is 8.57. The summed E-state index contributed by atoms with van der Waals surface area (Å²) < 4.78 is 4.98. The predicted molar refractivity (Wildman–Crippen MR) is 62.9 cm³/mol. The minimum Gasteiger partial charge on any atom is -0.479 e. The summed E-state index contributed by atoms with van der Waals surface area (Å²) >= 11 is 7.99. The molecule has 1 aromatic heterocycles. The second-order valence-electron chi connectivity index (χ2n) is 3.54. The first kappa shape index (κ1) is 11.0. The van der Waals surface area contributed by atoms with Crippen molar-refractivity contribution in [3.63, 3.8) is 0 Å². The zero-order valence-corrected chi connectivity index (χ0v) is 10.1. The molecule has 82 valence electrons. The van der Waals surface area contributed by atoms with Crippen LogP contribution in [-0.4, -0.2) is 28.8 Å². The summed E-state index contributed by atoms with van der Waals surface area (Å²) in [6.07, 6.45) is 2.44. The number of nitrogens with zero attached hydrogens (tertiary/aromatic N) is 2. The molecule has 1 saturated heterocycles. The average molecular weight is 245 g/mol. The van der Waals surface area contributed by atoms with Crippen LogP contribution in [0.2, 0.25) is 5.02 Å². The van der Waals surface area contributed by atoms with E-state index in [-0.39, 0.29) is 0 Å². The molecular weight excluding hydrogens is 232 g/mol. The van der Waals surface area contributed by atoms with E-state index in [4.69, 9.17) is 16.3 Å². The maximum Gasteiger partial charge on any atom is 0.252 e. The highest BCUT2D eigenvalue weighted by Gasteiger charge is 2.18. The first-order valence-corrected chi connectivity index (χ1v) is 6.49. The van der Waals surface area contributed by atoms with Crippen LogP contribution < -0.4 is 4.74 Å². The molecule has 3 nitrogen and oxygen atoms in total. The second kappa shape index (κ2) is 5.03. The summed E-state index contributed by atoms with van der Waals surface area (Å²) in [7, 11) is 1.55. The number of methoxy groups -OCH3 is 1. The Morgan fingerprint density at radius 1 is 1.53 bits per heavy atom. The first-order chi connectivity index (χ1) is 7.31. The molecule has 0 aromatic carbocycles. The van der Waals surface area contributed by atoms with Crippen LogP contribution in [0.4, 0.5) is 0 Å². The quantitative estimate of drug-likeness (QED) is 0.801. The van der Waals surface area contributed by atoms with Crippen molar-refractivity contribution in [1.29, 1.82) is 0 Å². The van der Waals surface area contributed by atoms with Crippen molar-refractivity contribution in [3.05, 3.63) is 16.8 Å². The third kappa shape index (κ3) is 2.55. The molecule has 0 aliphatic carbocycles. The molecule has 15 heavy (non-hydrogen) atoms. The molecule has 1 aromatic rings. The molecule has 2 rings (SSSR count). The van der Waals surface area contributed by atoms with E-state index in [1.54, 1.807) is 7.11 Å². The number of halogens is 1. The van der Waals surface area contributed by atoms with Crippen LogP contribution in [-0.2, 0) is 0 Å². The Balaban J connectivity index is 2.17. The van der Waals surface area contributed by atoms with Crippen molar-refractivity contribution in [2.24, 2.45) is 0 Å². The molecule has 1 fully saturated rings. The molecule has 1 aliphatic heterocycles. The van der Waals surface area contributed by atoms with Crippen molar-refractivity contribution < 1.29 is 4.74 Å². The van der Waals surface area contributed by atoms with Gasteiger partial charge in [0.15, 0.2) is 0 Å². The molecule has 0 N–H and O–H groups in total. The standard InChI is InChI=1S/C10H13ClN2OS/c1-14-10-8(11)5-9(12-13-10)7-3-2-4-15-6-7/h5,7H,2-4,6H2,1H3. The summed E-state index contributed by atoms with van der Waals surface area (Å²) in [6, 6.07) is 1.88. The Morgan fingerprint density at radius 2 is 2.40 bits per heavy atom. The van der Waals surface area contributed by atoms with Gasteiger partial charge in [-0.1, -0.05) is 11.6 Å². The monoisotopic (exact) mass is 244 g/mol. The van der Waals surface area contributed by atoms with Gasteiger partial charge in [0.2, 0.25) is 0 Å². The van der Waals surface area contributed by atoms with E-state index in [2.05, 4.69) is 10.2 Å². The van der Waals surface area contributed by atoms with Crippen LogP contribution in [0, 0.1) is 0 Å². The van der Waals surface area contributed by atoms with Crippen molar-refractivity contribution >= 4 is 23.4 Å². The van der Waals surface area contributed by atoms with Gasteiger partial charge in [-0.05, 0) is 24.7 Å². The molecule has 1 unspecified atom stereocenters. The van der Waals surface area contributed by atoms with Crippen molar-refractivity contribution in [2.45, 2.75) is 18.8 Å². The molecule has 1 atom stereocenters. The smallest absolute Gasteiger partial charge is 0.252 e. The number of ether oxygens (including phenoxy) is 1. The lowest BCUT2D eigenvalue weighted by Gasteiger charge is -2.20. The van der Waals surface area contributed by atoms with E-state index in [0.717, 1.165) is 11.4 Å². The maximum absolute atomic E-state index is 6.01. The van der Waals surface area contributed by atoms with Gasteiger partial charge in [0.1, 0.15) is 5.02 Å². The molecular formula is C10H13ClN2OS. The van der Waals surface area contributed by atoms with Gasteiger partial charge in [0.05, 0.1) is 12.8 Å². The Labute approximate surface area is 98.6 Å². The SMILES string of the molecule is COc1nnc(C2CCCSC2)cc1Cl. The lowest BCUT2D eigenvalue weighted by atomic mass is 10.0. The van der Waals surface area contributed by atoms with Crippen LogP contribution in [0.25, 0.3) is 0 Å². The minimum atomic E-state index is 0.406. The highest BCUT2D eigenvalue weighted by molar-refractivity contribution is 7.99. The highest BCUT2D eigenvalue weighted by atomic mass is 35.5. The van der Waals surface area contributed by atoms with Crippen molar-refractivity contribution in [1.82, 2.24) is 10.2 Å². The average Bonchev–Trinajstić information content (AvgIpc) is 2.30. The summed E-state index contributed by atoms with van der Waals surface area (Å²) in [6.45, 7) is 0. The number of hydrogen-bond donors (Lipinski definition) is 0. The maximum atomic E-state index is 6.01. The molecule has 2 heterocycles. The van der Waals surface area contributed by atoms with Gasteiger partial charge in [-0.25, -0.2) is 0 Å². The minimum absolute atomic E-state index is 0.406. The predicted octanol–water partition coefficient (Wildman–Crippen LogP) is 2.75. The van der Waals surface area contributed by atoms with Gasteiger partial charge in [0, 0.05) is 11.7 Å². The highest BCUT2D eigenvalue weighted by Crippen LogP contribution is 2.32. The van der Waals surface area contributed by atoms with Crippen LogP contribution in [0.3, 0.4) is 0 Å². The third-order valence-electron chi connectivity index (χ3n) is 2.51. The van der Waals surface area contributed by atoms with Crippen molar-refractivity contribution in [2.75, 3.05) is 18.6 Å². The second-order valence-corrected chi connectivity index (χ2v) is 5.10.